The van der Waals surface area contributed by atoms with Crippen LogP contribution in [0.4, 0.5) is 0 Å². The van der Waals surface area contributed by atoms with E-state index in [9.17, 15) is 9.59 Å². The Morgan fingerprint density at radius 1 is 1.62 bits per heavy atom. The van der Waals surface area contributed by atoms with Gasteiger partial charge in [-0.05, 0) is 22.0 Å². The predicted octanol–water partition coefficient (Wildman–Crippen LogP) is 2.60. The number of carbonyl (C=O) groups excluding carboxylic acids is 2. The van der Waals surface area contributed by atoms with Crippen molar-refractivity contribution in [2.45, 2.75) is 0 Å². The van der Waals surface area contributed by atoms with E-state index in [0.29, 0.717) is 17.5 Å². The SMILES string of the molecule is COC(=O)c1c(C=O)c2sc(Br)cc2n1C. The summed E-state index contributed by atoms with van der Waals surface area (Å²) in [6.07, 6.45) is 0.692. The van der Waals surface area contributed by atoms with Crippen LogP contribution in [0.25, 0.3) is 10.2 Å². The van der Waals surface area contributed by atoms with E-state index in [1.54, 1.807) is 11.6 Å². The average Bonchev–Trinajstić information content (AvgIpc) is 2.75. The van der Waals surface area contributed by atoms with E-state index in [4.69, 9.17) is 0 Å². The molecule has 2 aromatic rings. The number of halogens is 1. The van der Waals surface area contributed by atoms with Gasteiger partial charge in [0.1, 0.15) is 5.69 Å². The number of aldehydes is 1. The van der Waals surface area contributed by atoms with E-state index in [-0.39, 0.29) is 0 Å². The molecule has 4 nitrogen and oxygen atoms in total. The van der Waals surface area contributed by atoms with Crippen molar-refractivity contribution >= 4 is 49.7 Å². The highest BCUT2D eigenvalue weighted by molar-refractivity contribution is 9.11. The second-order valence-electron chi connectivity index (χ2n) is 3.20. The van der Waals surface area contributed by atoms with Crippen LogP contribution in [-0.4, -0.2) is 23.9 Å². The van der Waals surface area contributed by atoms with Crippen molar-refractivity contribution in [1.82, 2.24) is 4.57 Å². The highest BCUT2D eigenvalue weighted by Gasteiger charge is 2.22. The largest absolute Gasteiger partial charge is 0.464 e. The molecule has 0 aliphatic rings. The van der Waals surface area contributed by atoms with Gasteiger partial charge in [0, 0.05) is 7.05 Å². The number of carbonyl (C=O) groups is 2. The second-order valence-corrected chi connectivity index (χ2v) is 5.63. The van der Waals surface area contributed by atoms with Crippen LogP contribution in [0.1, 0.15) is 20.8 Å². The minimum atomic E-state index is -0.496. The molecule has 0 bridgehead atoms. The zero-order valence-electron chi connectivity index (χ0n) is 8.61. The molecule has 0 spiro atoms. The van der Waals surface area contributed by atoms with Gasteiger partial charge in [-0.25, -0.2) is 4.79 Å². The molecule has 0 aromatic carbocycles. The van der Waals surface area contributed by atoms with Gasteiger partial charge in [0.15, 0.2) is 6.29 Å². The molecule has 6 heteroatoms. The Morgan fingerprint density at radius 3 is 2.88 bits per heavy atom. The lowest BCUT2D eigenvalue weighted by Crippen LogP contribution is -2.09. The molecule has 2 rings (SSSR count). The maximum Gasteiger partial charge on any atom is 0.355 e. The Morgan fingerprint density at radius 2 is 2.31 bits per heavy atom. The van der Waals surface area contributed by atoms with Gasteiger partial charge in [0.25, 0.3) is 0 Å². The van der Waals surface area contributed by atoms with Crippen molar-refractivity contribution in [3.63, 3.8) is 0 Å². The van der Waals surface area contributed by atoms with Gasteiger partial charge in [-0.15, -0.1) is 11.3 Å². The van der Waals surface area contributed by atoms with Gasteiger partial charge in [0.05, 0.1) is 26.7 Å². The Bertz CT molecular complexity index is 584. The minimum Gasteiger partial charge on any atom is -0.464 e. The van der Waals surface area contributed by atoms with E-state index >= 15 is 0 Å². The lowest BCUT2D eigenvalue weighted by atomic mass is 10.2. The van der Waals surface area contributed by atoms with E-state index < -0.39 is 5.97 Å². The van der Waals surface area contributed by atoms with Gasteiger partial charge in [-0.3, -0.25) is 4.79 Å². The maximum absolute atomic E-state index is 11.6. The first-order valence-corrected chi connectivity index (χ1v) is 6.02. The quantitative estimate of drug-likeness (QED) is 0.633. The molecular formula is C10H8BrNO3S. The lowest BCUT2D eigenvalue weighted by molar-refractivity contribution is 0.0588. The van der Waals surface area contributed by atoms with Crippen LogP contribution in [-0.2, 0) is 11.8 Å². The van der Waals surface area contributed by atoms with Crippen molar-refractivity contribution in [2.75, 3.05) is 7.11 Å². The molecule has 2 heterocycles. The molecule has 0 saturated heterocycles. The zero-order chi connectivity index (χ0) is 11.9. The summed E-state index contributed by atoms with van der Waals surface area (Å²) in [5, 5.41) is 0. The Hall–Kier alpha value is -1.14. The van der Waals surface area contributed by atoms with Crippen LogP contribution < -0.4 is 0 Å². The summed E-state index contributed by atoms with van der Waals surface area (Å²) in [6.45, 7) is 0. The second kappa shape index (κ2) is 4.03. The molecule has 0 fully saturated rings. The number of rotatable bonds is 2. The van der Waals surface area contributed by atoms with Crippen molar-refractivity contribution in [2.24, 2.45) is 7.05 Å². The number of aryl methyl sites for hydroxylation is 1. The van der Waals surface area contributed by atoms with Crippen molar-refractivity contribution in [3.8, 4) is 0 Å². The summed E-state index contributed by atoms with van der Waals surface area (Å²) >= 11 is 4.78. The first kappa shape index (κ1) is 11.3. The average molecular weight is 302 g/mol. The third-order valence-electron chi connectivity index (χ3n) is 2.38. The monoisotopic (exact) mass is 301 g/mol. The van der Waals surface area contributed by atoms with E-state index in [1.807, 2.05) is 6.07 Å². The van der Waals surface area contributed by atoms with Crippen molar-refractivity contribution in [3.05, 3.63) is 21.1 Å². The molecule has 84 valence electrons. The fourth-order valence-corrected chi connectivity index (χ4v) is 3.28. The van der Waals surface area contributed by atoms with Gasteiger partial charge in [-0.1, -0.05) is 0 Å². The Kier molecular flexibility index (Phi) is 2.86. The van der Waals surface area contributed by atoms with Gasteiger partial charge in [0.2, 0.25) is 0 Å². The predicted molar refractivity (Wildman–Crippen MR) is 65.2 cm³/mol. The molecule has 0 unspecified atom stereocenters. The molecule has 16 heavy (non-hydrogen) atoms. The first-order chi connectivity index (χ1) is 7.60. The number of thiophene rings is 1. The Balaban J connectivity index is 2.83. The number of fused-ring (bicyclic) bond motifs is 1. The van der Waals surface area contributed by atoms with Crippen LogP contribution in [0.3, 0.4) is 0 Å². The van der Waals surface area contributed by atoms with E-state index in [2.05, 4.69) is 20.7 Å². The van der Waals surface area contributed by atoms with Crippen LogP contribution in [0, 0.1) is 0 Å². The molecule has 2 aromatic heterocycles. The normalized spacial score (nSPS) is 10.7. The third-order valence-corrected chi connectivity index (χ3v) is 4.04. The molecule has 0 radical (unpaired) electrons. The number of methoxy groups -OCH3 is 1. The first-order valence-electron chi connectivity index (χ1n) is 4.41. The highest BCUT2D eigenvalue weighted by atomic mass is 79.9. The Labute approximate surface area is 104 Å². The summed E-state index contributed by atoms with van der Waals surface area (Å²) < 4.78 is 8.06. The number of nitrogens with zero attached hydrogens (tertiary/aromatic N) is 1. The third kappa shape index (κ3) is 1.49. The minimum absolute atomic E-state index is 0.297. The van der Waals surface area contributed by atoms with Crippen LogP contribution in [0.15, 0.2) is 9.85 Å². The molecule has 0 saturated carbocycles. The van der Waals surface area contributed by atoms with Crippen LogP contribution in [0.2, 0.25) is 0 Å². The fourth-order valence-electron chi connectivity index (χ4n) is 1.66. The number of hydrogen-bond donors (Lipinski definition) is 0. The van der Waals surface area contributed by atoms with E-state index in [0.717, 1.165) is 14.0 Å². The summed E-state index contributed by atoms with van der Waals surface area (Å²) in [4.78, 5) is 22.6. The maximum atomic E-state index is 11.6. The van der Waals surface area contributed by atoms with Crippen LogP contribution >= 0.6 is 27.3 Å². The molecule has 0 amide bonds. The number of hydrogen-bond acceptors (Lipinski definition) is 4. The van der Waals surface area contributed by atoms with Gasteiger partial charge >= 0.3 is 5.97 Å². The standard InChI is InChI=1S/C10H8BrNO3S/c1-12-6-3-7(11)16-9(6)5(4-13)8(12)10(14)15-2/h3-4H,1-2H3. The van der Waals surface area contributed by atoms with Gasteiger partial charge < -0.3 is 9.30 Å². The lowest BCUT2D eigenvalue weighted by Gasteiger charge is -2.02. The number of aromatic nitrogens is 1. The summed E-state index contributed by atoms with van der Waals surface area (Å²) in [5.74, 6) is -0.496. The van der Waals surface area contributed by atoms with E-state index in [1.165, 1.54) is 18.4 Å². The molecular weight excluding hydrogens is 294 g/mol. The number of ether oxygens (including phenoxy) is 1. The topological polar surface area (TPSA) is 48.3 Å². The summed E-state index contributed by atoms with van der Waals surface area (Å²) in [6, 6.07) is 1.87. The van der Waals surface area contributed by atoms with Crippen molar-refractivity contribution in [1.29, 1.82) is 0 Å². The van der Waals surface area contributed by atoms with Gasteiger partial charge in [-0.2, -0.15) is 0 Å². The molecule has 0 atom stereocenters. The molecule has 0 N–H and O–H groups in total. The summed E-state index contributed by atoms with van der Waals surface area (Å²) in [7, 11) is 3.04. The molecule has 0 aliphatic carbocycles. The highest BCUT2D eigenvalue weighted by Crippen LogP contribution is 2.35. The van der Waals surface area contributed by atoms with Crippen LogP contribution in [0.5, 0.6) is 0 Å². The smallest absolute Gasteiger partial charge is 0.355 e. The summed E-state index contributed by atoms with van der Waals surface area (Å²) in [5.41, 5.74) is 1.53. The zero-order valence-corrected chi connectivity index (χ0v) is 11.0. The molecule has 0 aliphatic heterocycles. The fraction of sp³-hybridized carbons (Fsp3) is 0.200. The van der Waals surface area contributed by atoms with Crippen molar-refractivity contribution < 1.29 is 14.3 Å². The number of esters is 1.